The summed E-state index contributed by atoms with van der Waals surface area (Å²) in [5, 5.41) is 9.69. The number of nitrogens with zero attached hydrogens (tertiary/aromatic N) is 1. The molecule has 1 aromatic rings. The first-order chi connectivity index (χ1) is 12.1. The van der Waals surface area contributed by atoms with E-state index < -0.39 is 0 Å². The van der Waals surface area contributed by atoms with Gasteiger partial charge in [-0.25, -0.2) is 0 Å². The van der Waals surface area contributed by atoms with Crippen LogP contribution >= 0.6 is 0 Å². The summed E-state index contributed by atoms with van der Waals surface area (Å²) in [6, 6.07) is 10.5. The summed E-state index contributed by atoms with van der Waals surface area (Å²) in [6.45, 7) is 5.21. The highest BCUT2D eigenvalue weighted by Gasteiger charge is 2.27. The maximum atomic E-state index is 9.69. The SMILES string of the molecule is BCCC(/C=C\C(O)CC)=C/CC1CN(CC(N)c2ccccc2)C1. The van der Waals surface area contributed by atoms with Gasteiger partial charge in [0.25, 0.3) is 0 Å². The largest absolute Gasteiger partial charge is 0.389 e. The molecule has 2 atom stereocenters. The molecule has 4 heteroatoms. The van der Waals surface area contributed by atoms with Gasteiger partial charge in [0, 0.05) is 25.7 Å². The van der Waals surface area contributed by atoms with E-state index >= 15 is 0 Å². The van der Waals surface area contributed by atoms with Crippen molar-refractivity contribution in [1.82, 2.24) is 4.90 Å². The minimum atomic E-state index is -0.320. The molecule has 3 nitrogen and oxygen atoms in total. The fraction of sp³-hybridized carbons (Fsp3) is 0.524. The predicted octanol–water partition coefficient (Wildman–Crippen LogP) is 2.70. The standard InChI is InChI=1S/C21H33BN2O/c1-2-20(25)11-10-17(12-13-22)8-9-18-14-24(15-18)16-21(23)19-6-4-3-5-7-19/h3-8,10-11,18,20-21,25H,2,9,12-16,22-23H2,1H3/b11-10-,17-8+. The fourth-order valence-electron chi connectivity index (χ4n) is 3.29. The predicted molar refractivity (Wildman–Crippen MR) is 109 cm³/mol. The number of hydrogen-bond donors (Lipinski definition) is 2. The highest BCUT2D eigenvalue weighted by atomic mass is 16.3. The van der Waals surface area contributed by atoms with Crippen LogP contribution < -0.4 is 5.73 Å². The van der Waals surface area contributed by atoms with Crippen LogP contribution in [0.1, 0.15) is 37.8 Å². The fourth-order valence-corrected chi connectivity index (χ4v) is 3.29. The second-order valence-corrected chi connectivity index (χ2v) is 7.20. The van der Waals surface area contributed by atoms with Crippen molar-refractivity contribution in [2.75, 3.05) is 19.6 Å². The quantitative estimate of drug-likeness (QED) is 0.509. The van der Waals surface area contributed by atoms with E-state index in [1.165, 1.54) is 11.1 Å². The molecule has 0 aliphatic carbocycles. The lowest BCUT2D eigenvalue weighted by Crippen LogP contribution is -2.49. The molecule has 25 heavy (non-hydrogen) atoms. The van der Waals surface area contributed by atoms with Gasteiger partial charge >= 0.3 is 0 Å². The van der Waals surface area contributed by atoms with Gasteiger partial charge in [0.15, 0.2) is 0 Å². The Labute approximate surface area is 154 Å². The summed E-state index contributed by atoms with van der Waals surface area (Å²) in [5.41, 5.74) is 8.88. The zero-order chi connectivity index (χ0) is 18.1. The lowest BCUT2D eigenvalue weighted by Gasteiger charge is -2.40. The topological polar surface area (TPSA) is 49.5 Å². The average Bonchev–Trinajstić information content (AvgIpc) is 2.61. The molecule has 2 rings (SSSR count). The molecule has 1 aromatic carbocycles. The van der Waals surface area contributed by atoms with Crippen LogP contribution in [-0.4, -0.2) is 43.6 Å². The van der Waals surface area contributed by atoms with E-state index in [1.807, 2.05) is 19.1 Å². The number of rotatable bonds is 10. The van der Waals surface area contributed by atoms with Gasteiger partial charge in [-0.3, -0.25) is 0 Å². The van der Waals surface area contributed by atoms with Gasteiger partial charge in [-0.1, -0.05) is 67.4 Å². The van der Waals surface area contributed by atoms with Crippen LogP contribution in [0.2, 0.25) is 6.32 Å². The van der Waals surface area contributed by atoms with Crippen molar-refractivity contribution < 1.29 is 5.11 Å². The first-order valence-electron chi connectivity index (χ1n) is 9.70. The van der Waals surface area contributed by atoms with Crippen LogP contribution in [-0.2, 0) is 0 Å². The highest BCUT2D eigenvalue weighted by molar-refractivity contribution is 6.08. The number of benzene rings is 1. The lowest BCUT2D eigenvalue weighted by molar-refractivity contribution is 0.0952. The molecule has 1 aliphatic rings. The van der Waals surface area contributed by atoms with Crippen LogP contribution in [0.3, 0.4) is 0 Å². The number of likely N-dealkylation sites (tertiary alicyclic amines) is 1. The third-order valence-electron chi connectivity index (χ3n) is 4.92. The maximum absolute atomic E-state index is 9.69. The van der Waals surface area contributed by atoms with Gasteiger partial charge in [0.1, 0.15) is 7.85 Å². The summed E-state index contributed by atoms with van der Waals surface area (Å²) in [6.07, 6.45) is 10.2. The van der Waals surface area contributed by atoms with Crippen molar-refractivity contribution in [1.29, 1.82) is 0 Å². The Balaban J connectivity index is 1.75. The van der Waals surface area contributed by atoms with Crippen LogP contribution in [0.5, 0.6) is 0 Å². The second kappa shape index (κ2) is 10.6. The van der Waals surface area contributed by atoms with E-state index in [0.29, 0.717) is 0 Å². The number of aliphatic hydroxyl groups is 1. The van der Waals surface area contributed by atoms with Crippen molar-refractivity contribution in [3.63, 3.8) is 0 Å². The summed E-state index contributed by atoms with van der Waals surface area (Å²) in [7, 11) is 2.20. The summed E-state index contributed by atoms with van der Waals surface area (Å²) in [5.74, 6) is 0.735. The van der Waals surface area contributed by atoms with Crippen molar-refractivity contribution in [3.05, 3.63) is 59.7 Å². The third kappa shape index (κ3) is 6.81. The summed E-state index contributed by atoms with van der Waals surface area (Å²) in [4.78, 5) is 2.45. The molecule has 1 saturated heterocycles. The van der Waals surface area contributed by atoms with Crippen molar-refractivity contribution in [3.8, 4) is 0 Å². The molecule has 0 saturated carbocycles. The molecule has 3 N–H and O–H groups in total. The van der Waals surface area contributed by atoms with Crippen molar-refractivity contribution in [2.45, 2.75) is 44.7 Å². The number of allylic oxidation sites excluding steroid dienone is 3. The first-order valence-corrected chi connectivity index (χ1v) is 9.70. The Morgan fingerprint density at radius 1 is 1.36 bits per heavy atom. The molecular formula is C21H33BN2O. The zero-order valence-corrected chi connectivity index (χ0v) is 15.8. The van der Waals surface area contributed by atoms with Gasteiger partial charge in [0.2, 0.25) is 0 Å². The molecule has 2 unspecified atom stereocenters. The van der Waals surface area contributed by atoms with E-state index in [2.05, 4.69) is 49.2 Å². The van der Waals surface area contributed by atoms with Crippen molar-refractivity contribution in [2.24, 2.45) is 11.7 Å². The molecule has 0 spiro atoms. The highest BCUT2D eigenvalue weighted by Crippen LogP contribution is 2.23. The first kappa shape index (κ1) is 20.0. The molecular weight excluding hydrogens is 307 g/mol. The minimum Gasteiger partial charge on any atom is -0.389 e. The van der Waals surface area contributed by atoms with Crippen LogP contribution in [0.25, 0.3) is 0 Å². The number of nitrogens with two attached hydrogens (primary N) is 1. The van der Waals surface area contributed by atoms with Gasteiger partial charge in [0.05, 0.1) is 6.10 Å². The van der Waals surface area contributed by atoms with Crippen LogP contribution in [0.15, 0.2) is 54.1 Å². The average molecular weight is 340 g/mol. The Morgan fingerprint density at radius 3 is 2.72 bits per heavy atom. The summed E-state index contributed by atoms with van der Waals surface area (Å²) < 4.78 is 0. The van der Waals surface area contributed by atoms with Crippen molar-refractivity contribution >= 4 is 7.85 Å². The Hall–Kier alpha value is -1.36. The maximum Gasteiger partial charge on any atom is 0.101 e. The molecule has 1 aliphatic heterocycles. The Kier molecular flexibility index (Phi) is 8.46. The molecule has 0 amide bonds. The normalized spacial score (nSPS) is 19.1. The van der Waals surface area contributed by atoms with Crippen LogP contribution in [0, 0.1) is 5.92 Å². The van der Waals surface area contributed by atoms with Gasteiger partial charge < -0.3 is 15.7 Å². The number of aliphatic hydroxyl groups excluding tert-OH is 1. The number of hydrogen-bond acceptors (Lipinski definition) is 3. The molecule has 0 bridgehead atoms. The van der Waals surface area contributed by atoms with E-state index in [9.17, 15) is 5.11 Å². The molecule has 1 heterocycles. The third-order valence-corrected chi connectivity index (χ3v) is 4.92. The molecule has 0 aromatic heterocycles. The Bertz CT molecular complexity index is 552. The lowest BCUT2D eigenvalue weighted by atomic mass is 9.91. The smallest absolute Gasteiger partial charge is 0.101 e. The van der Waals surface area contributed by atoms with E-state index in [4.69, 9.17) is 5.73 Å². The monoisotopic (exact) mass is 340 g/mol. The van der Waals surface area contributed by atoms with E-state index in [-0.39, 0.29) is 12.1 Å². The summed E-state index contributed by atoms with van der Waals surface area (Å²) >= 11 is 0. The molecule has 0 radical (unpaired) electrons. The van der Waals surface area contributed by atoms with E-state index in [1.54, 1.807) is 0 Å². The molecule has 1 fully saturated rings. The van der Waals surface area contributed by atoms with E-state index in [0.717, 1.165) is 51.1 Å². The minimum absolute atomic E-state index is 0.104. The van der Waals surface area contributed by atoms with Gasteiger partial charge in [-0.15, -0.1) is 0 Å². The Morgan fingerprint density at radius 2 is 2.08 bits per heavy atom. The second-order valence-electron chi connectivity index (χ2n) is 7.20. The van der Waals surface area contributed by atoms with Gasteiger partial charge in [-0.2, -0.15) is 0 Å². The van der Waals surface area contributed by atoms with Crippen LogP contribution in [0.4, 0.5) is 0 Å². The zero-order valence-electron chi connectivity index (χ0n) is 15.8. The molecule has 136 valence electrons. The van der Waals surface area contributed by atoms with Gasteiger partial charge in [-0.05, 0) is 30.7 Å².